The van der Waals surface area contributed by atoms with Crippen LogP contribution in [0.5, 0.6) is 0 Å². The zero-order valence-corrected chi connectivity index (χ0v) is 20.4. The first-order valence-electron chi connectivity index (χ1n) is 11.5. The highest BCUT2D eigenvalue weighted by Crippen LogP contribution is 2.51. The van der Waals surface area contributed by atoms with E-state index in [1.807, 2.05) is 0 Å². The van der Waals surface area contributed by atoms with Gasteiger partial charge in [-0.1, -0.05) is 18.2 Å². The van der Waals surface area contributed by atoms with Crippen molar-refractivity contribution in [2.75, 3.05) is 11.9 Å². The van der Waals surface area contributed by atoms with E-state index >= 15 is 0 Å². The van der Waals surface area contributed by atoms with Gasteiger partial charge in [-0.15, -0.1) is 0 Å². The Balaban J connectivity index is 1.51. The minimum atomic E-state index is -6.10. The summed E-state index contributed by atoms with van der Waals surface area (Å²) >= 11 is 0. The van der Waals surface area contributed by atoms with Crippen LogP contribution in [0.15, 0.2) is 54.6 Å². The number of hydrogen-bond donors (Lipinski definition) is 1. The van der Waals surface area contributed by atoms with Crippen LogP contribution in [0.2, 0.25) is 0 Å². The number of imide groups is 2. The van der Waals surface area contributed by atoms with Crippen LogP contribution in [0.4, 0.5) is 32.0 Å². The van der Waals surface area contributed by atoms with Gasteiger partial charge in [0.15, 0.2) is 0 Å². The number of fused-ring (bicyclic) bond motifs is 2. The Morgan fingerprint density at radius 1 is 0.625 bits per heavy atom. The normalized spacial score (nSPS) is 15.7. The summed E-state index contributed by atoms with van der Waals surface area (Å²) in [4.78, 5) is 52.3. The number of nitrogens with zero attached hydrogens (tertiary/aromatic N) is 2. The molecule has 0 unspecified atom stereocenters. The van der Waals surface area contributed by atoms with Gasteiger partial charge in [0.2, 0.25) is 0 Å². The van der Waals surface area contributed by atoms with E-state index in [9.17, 15) is 50.6 Å². The highest BCUT2D eigenvalue weighted by Gasteiger charge is 2.71. The number of carbonyl (C=O) groups is 4. The van der Waals surface area contributed by atoms with Crippen molar-refractivity contribution < 1.29 is 50.6 Å². The van der Waals surface area contributed by atoms with Gasteiger partial charge in [-0.05, 0) is 60.0 Å². The molecule has 206 valence electrons. The maximum absolute atomic E-state index is 13.4. The lowest BCUT2D eigenvalue weighted by molar-refractivity contribution is -0.376. The zero-order chi connectivity index (χ0) is 29.5. The topological polar surface area (TPSA) is 95.0 Å². The molecule has 2 heterocycles. The number of anilines is 1. The second-order valence-corrected chi connectivity index (χ2v) is 9.34. The highest BCUT2D eigenvalue weighted by atomic mass is 19.4. The lowest BCUT2D eigenvalue weighted by atomic mass is 9.88. The summed E-state index contributed by atoms with van der Waals surface area (Å²) in [5, 5.41) is 9.74. The van der Waals surface area contributed by atoms with Gasteiger partial charge in [0.25, 0.3) is 29.2 Å². The van der Waals surface area contributed by atoms with Gasteiger partial charge in [-0.3, -0.25) is 24.1 Å². The van der Waals surface area contributed by atoms with Crippen molar-refractivity contribution in [2.24, 2.45) is 0 Å². The third-order valence-electron chi connectivity index (χ3n) is 6.99. The fraction of sp³-hybridized carbons (Fsp3) is 0.185. The zero-order valence-electron chi connectivity index (χ0n) is 20.4. The fourth-order valence-corrected chi connectivity index (χ4v) is 4.85. The molecule has 0 radical (unpaired) electrons. The fourth-order valence-electron chi connectivity index (χ4n) is 4.85. The van der Waals surface area contributed by atoms with Crippen molar-refractivity contribution in [2.45, 2.75) is 24.9 Å². The van der Waals surface area contributed by atoms with Crippen molar-refractivity contribution in [3.8, 4) is 11.1 Å². The monoisotopic (exact) mass is 562 g/mol. The molecule has 0 aliphatic carbocycles. The summed E-state index contributed by atoms with van der Waals surface area (Å²) < 4.78 is 80.1. The molecule has 1 N–H and O–H groups in total. The first kappa shape index (κ1) is 27.1. The number of amides is 4. The van der Waals surface area contributed by atoms with E-state index < -0.39 is 52.7 Å². The smallest absolute Gasteiger partial charge is 0.369 e. The first-order chi connectivity index (χ1) is 18.5. The quantitative estimate of drug-likeness (QED) is 0.358. The molecule has 40 heavy (non-hydrogen) atoms. The average molecular weight is 562 g/mol. The Hall–Kier alpha value is -4.52. The summed E-state index contributed by atoms with van der Waals surface area (Å²) in [5.41, 5.74) is -6.56. The summed E-state index contributed by atoms with van der Waals surface area (Å²) in [5.74, 6) is -2.73. The summed E-state index contributed by atoms with van der Waals surface area (Å²) in [6.07, 6.45) is -12.2. The predicted octanol–water partition coefficient (Wildman–Crippen LogP) is 5.00. The standard InChI is InChI=1S/C27H16F6N2O5/c1-12-9-15(5-8-20(12)25(40,26(28,29)30)27(31,32)33)35-23(38)17-7-4-14(11-19(17)24(35)39)13-3-6-16-18(10-13)22(37)34(2)21(16)36/h3-11,40H,1-2H3. The molecular formula is C27H16F6N2O5. The van der Waals surface area contributed by atoms with Gasteiger partial charge >= 0.3 is 12.4 Å². The number of aliphatic hydroxyl groups is 1. The number of rotatable bonds is 3. The second-order valence-electron chi connectivity index (χ2n) is 9.34. The molecule has 4 amide bonds. The number of hydrogen-bond acceptors (Lipinski definition) is 5. The number of benzene rings is 3. The van der Waals surface area contributed by atoms with E-state index in [1.54, 1.807) is 6.07 Å². The molecule has 5 rings (SSSR count). The van der Waals surface area contributed by atoms with Crippen LogP contribution in [0, 0.1) is 6.92 Å². The van der Waals surface area contributed by atoms with Crippen molar-refractivity contribution in [3.05, 3.63) is 88.0 Å². The Morgan fingerprint density at radius 2 is 1.07 bits per heavy atom. The Kier molecular flexibility index (Phi) is 5.74. The van der Waals surface area contributed by atoms with Crippen molar-refractivity contribution in [3.63, 3.8) is 0 Å². The minimum Gasteiger partial charge on any atom is -0.369 e. The number of alkyl halides is 6. The summed E-state index contributed by atoms with van der Waals surface area (Å²) in [6.45, 7) is 0.884. The van der Waals surface area contributed by atoms with Crippen LogP contribution < -0.4 is 4.90 Å². The third kappa shape index (κ3) is 3.64. The van der Waals surface area contributed by atoms with E-state index in [0.29, 0.717) is 28.2 Å². The maximum Gasteiger partial charge on any atom is 0.430 e. The number of halogens is 6. The highest BCUT2D eigenvalue weighted by molar-refractivity contribution is 6.34. The molecule has 0 fully saturated rings. The molecule has 0 atom stereocenters. The van der Waals surface area contributed by atoms with E-state index in [-0.39, 0.29) is 27.9 Å². The molecular weight excluding hydrogens is 546 g/mol. The van der Waals surface area contributed by atoms with Gasteiger partial charge in [-0.2, -0.15) is 26.3 Å². The van der Waals surface area contributed by atoms with Crippen molar-refractivity contribution in [1.82, 2.24) is 4.90 Å². The second kappa shape index (κ2) is 8.49. The molecule has 2 aliphatic rings. The Labute approximate surface area is 221 Å². The summed E-state index contributed by atoms with van der Waals surface area (Å²) in [7, 11) is 1.33. The van der Waals surface area contributed by atoms with Crippen LogP contribution in [0.1, 0.15) is 52.6 Å². The Morgan fingerprint density at radius 3 is 1.57 bits per heavy atom. The molecule has 0 saturated heterocycles. The largest absolute Gasteiger partial charge is 0.430 e. The molecule has 3 aromatic rings. The molecule has 0 bridgehead atoms. The van der Waals surface area contributed by atoms with Crippen LogP contribution in [0.3, 0.4) is 0 Å². The van der Waals surface area contributed by atoms with Crippen LogP contribution in [-0.2, 0) is 5.60 Å². The maximum atomic E-state index is 13.4. The lowest BCUT2D eigenvalue weighted by Gasteiger charge is -2.34. The molecule has 3 aromatic carbocycles. The van der Waals surface area contributed by atoms with E-state index in [4.69, 9.17) is 0 Å². The molecule has 0 aromatic heterocycles. The number of aryl methyl sites for hydroxylation is 1. The van der Waals surface area contributed by atoms with Crippen molar-refractivity contribution in [1.29, 1.82) is 0 Å². The van der Waals surface area contributed by atoms with Gasteiger partial charge in [0.05, 0.1) is 27.9 Å². The van der Waals surface area contributed by atoms with E-state index in [1.165, 1.54) is 37.4 Å². The first-order valence-corrected chi connectivity index (χ1v) is 11.5. The molecule has 0 spiro atoms. The van der Waals surface area contributed by atoms with Crippen LogP contribution in [-0.4, -0.2) is 53.0 Å². The van der Waals surface area contributed by atoms with Crippen LogP contribution >= 0.6 is 0 Å². The molecule has 13 heteroatoms. The minimum absolute atomic E-state index is 0.0651. The van der Waals surface area contributed by atoms with E-state index in [0.717, 1.165) is 17.9 Å². The molecule has 7 nitrogen and oxygen atoms in total. The average Bonchev–Trinajstić information content (AvgIpc) is 3.25. The number of carbonyl (C=O) groups excluding carboxylic acids is 4. The summed E-state index contributed by atoms with van der Waals surface area (Å²) in [6, 6.07) is 10.5. The predicted molar refractivity (Wildman–Crippen MR) is 127 cm³/mol. The molecule has 0 saturated carbocycles. The van der Waals surface area contributed by atoms with Gasteiger partial charge in [-0.25, -0.2) is 4.90 Å². The molecule has 2 aliphatic heterocycles. The lowest BCUT2D eigenvalue weighted by Crippen LogP contribution is -2.54. The van der Waals surface area contributed by atoms with Gasteiger partial charge < -0.3 is 5.11 Å². The third-order valence-corrected chi connectivity index (χ3v) is 6.99. The van der Waals surface area contributed by atoms with Crippen LogP contribution in [0.25, 0.3) is 11.1 Å². The van der Waals surface area contributed by atoms with Gasteiger partial charge in [0, 0.05) is 12.6 Å². The SMILES string of the molecule is Cc1cc(N2C(=O)c3ccc(-c4ccc5c(c4)C(=O)N(C)C5=O)cc3C2=O)ccc1C(O)(C(F)(F)F)C(F)(F)F. The van der Waals surface area contributed by atoms with E-state index in [2.05, 4.69) is 0 Å². The Bertz CT molecular complexity index is 1650. The van der Waals surface area contributed by atoms with Gasteiger partial charge in [0.1, 0.15) is 0 Å². The van der Waals surface area contributed by atoms with Crippen molar-refractivity contribution >= 4 is 29.3 Å².